The van der Waals surface area contributed by atoms with Gasteiger partial charge in [-0.05, 0) is 71.3 Å². The zero-order valence-corrected chi connectivity index (χ0v) is 21.8. The molecule has 39 heavy (non-hydrogen) atoms. The molecular weight excluding hydrogens is 490 g/mol. The Morgan fingerprint density at radius 2 is 1.62 bits per heavy atom. The van der Waals surface area contributed by atoms with E-state index in [1.807, 2.05) is 42.5 Å². The van der Waals surface area contributed by atoms with Gasteiger partial charge >= 0.3 is 6.03 Å². The van der Waals surface area contributed by atoms with Crippen LogP contribution in [-0.4, -0.2) is 39.1 Å². The molecule has 1 saturated carbocycles. The predicted octanol–water partition coefficient (Wildman–Crippen LogP) is 5.46. The maximum Gasteiger partial charge on any atom is 0.322 e. The van der Waals surface area contributed by atoms with E-state index in [-0.39, 0.29) is 17.9 Å². The number of carbonyl (C=O) groups excluding carboxylic acids is 2. The third-order valence-electron chi connectivity index (χ3n) is 7.19. The number of aromatic nitrogens is 4. The average molecular weight is 524 g/mol. The third-order valence-corrected chi connectivity index (χ3v) is 7.19. The van der Waals surface area contributed by atoms with Crippen molar-refractivity contribution in [2.75, 3.05) is 16.8 Å². The lowest BCUT2D eigenvalue weighted by Crippen LogP contribution is -2.40. The van der Waals surface area contributed by atoms with Gasteiger partial charge in [0, 0.05) is 17.8 Å². The summed E-state index contributed by atoms with van der Waals surface area (Å²) in [6.07, 6.45) is 7.11. The second-order valence-corrected chi connectivity index (χ2v) is 9.87. The molecule has 3 aromatic carbocycles. The van der Waals surface area contributed by atoms with Crippen LogP contribution in [0.15, 0.2) is 78.9 Å². The Hall–Kier alpha value is -4.53. The van der Waals surface area contributed by atoms with Gasteiger partial charge in [-0.1, -0.05) is 79.0 Å². The van der Waals surface area contributed by atoms with E-state index in [1.165, 1.54) is 43.2 Å². The summed E-state index contributed by atoms with van der Waals surface area (Å²) in [5.74, 6) is 0.378. The van der Waals surface area contributed by atoms with Crippen LogP contribution in [0.5, 0.6) is 0 Å². The fourth-order valence-corrected chi connectivity index (χ4v) is 5.03. The highest BCUT2D eigenvalue weighted by Gasteiger charge is 2.19. The normalized spacial score (nSPS) is 13.5. The highest BCUT2D eigenvalue weighted by Crippen LogP contribution is 2.33. The summed E-state index contributed by atoms with van der Waals surface area (Å²) in [4.78, 5) is 27.6. The molecule has 1 aliphatic carbocycles. The summed E-state index contributed by atoms with van der Waals surface area (Å²) in [6.45, 7) is 0.904. The number of hydrogen-bond donors (Lipinski definition) is 3. The molecule has 0 radical (unpaired) electrons. The molecule has 1 aromatic heterocycles. The van der Waals surface area contributed by atoms with Crippen LogP contribution in [0.1, 0.15) is 65.1 Å². The summed E-state index contributed by atoms with van der Waals surface area (Å²) >= 11 is 0. The highest BCUT2D eigenvalue weighted by atomic mass is 16.2. The lowest BCUT2D eigenvalue weighted by molar-refractivity contribution is 0.102. The van der Waals surface area contributed by atoms with E-state index in [4.69, 9.17) is 0 Å². The molecule has 9 heteroatoms. The summed E-state index contributed by atoms with van der Waals surface area (Å²) in [7, 11) is 0. The molecule has 0 atom stereocenters. The summed E-state index contributed by atoms with van der Waals surface area (Å²) in [6, 6.07) is 25.5. The summed E-state index contributed by atoms with van der Waals surface area (Å²) in [5.41, 5.74) is 4.72. The van der Waals surface area contributed by atoms with Crippen molar-refractivity contribution in [3.05, 3.63) is 101 Å². The quantitative estimate of drug-likeness (QED) is 0.269. The number of nitrogens with one attached hydrogen (secondary N) is 3. The molecule has 200 valence electrons. The Morgan fingerprint density at radius 1 is 0.872 bits per heavy atom. The van der Waals surface area contributed by atoms with Gasteiger partial charge in [-0.25, -0.2) is 4.79 Å². The number of aromatic amines is 1. The number of nitrogens with zero attached hydrogens (tertiary/aromatic N) is 4. The average Bonchev–Trinajstić information content (AvgIpc) is 3.50. The molecule has 1 heterocycles. The van der Waals surface area contributed by atoms with Crippen LogP contribution in [0, 0.1) is 0 Å². The molecule has 0 aliphatic heterocycles. The fraction of sp³-hybridized carbons (Fsp3) is 0.300. The van der Waals surface area contributed by atoms with Crippen LogP contribution in [0.2, 0.25) is 0 Å². The van der Waals surface area contributed by atoms with Crippen LogP contribution in [-0.2, 0) is 13.0 Å². The first kappa shape index (κ1) is 26.1. The number of tetrazole rings is 1. The largest absolute Gasteiger partial charge is 0.337 e. The Labute approximate surface area is 228 Å². The second-order valence-electron chi connectivity index (χ2n) is 9.87. The number of H-pyrrole nitrogens is 1. The summed E-state index contributed by atoms with van der Waals surface area (Å²) in [5, 5.41) is 18.9. The van der Waals surface area contributed by atoms with Gasteiger partial charge in [-0.3, -0.25) is 15.0 Å². The van der Waals surface area contributed by atoms with Crippen LogP contribution in [0.3, 0.4) is 0 Å². The van der Waals surface area contributed by atoms with E-state index in [2.05, 4.69) is 55.5 Å². The molecular formula is C30H33N7O2. The Balaban J connectivity index is 1.29. The van der Waals surface area contributed by atoms with Crippen LogP contribution >= 0.6 is 0 Å². The Bertz CT molecular complexity index is 1330. The van der Waals surface area contributed by atoms with Gasteiger partial charge in [0.05, 0.1) is 6.54 Å². The van der Waals surface area contributed by atoms with E-state index < -0.39 is 0 Å². The minimum atomic E-state index is -0.336. The number of anilines is 2. The van der Waals surface area contributed by atoms with Crippen molar-refractivity contribution in [3.8, 4) is 0 Å². The van der Waals surface area contributed by atoms with Gasteiger partial charge < -0.3 is 5.32 Å². The molecule has 4 aromatic rings. The van der Waals surface area contributed by atoms with Crippen LogP contribution < -0.4 is 15.5 Å². The second kappa shape index (κ2) is 12.8. The molecule has 3 amide bonds. The molecule has 1 aliphatic rings. The zero-order valence-electron chi connectivity index (χ0n) is 21.8. The molecule has 9 nitrogen and oxygen atoms in total. The van der Waals surface area contributed by atoms with Crippen molar-refractivity contribution in [2.24, 2.45) is 0 Å². The van der Waals surface area contributed by atoms with Gasteiger partial charge in [0.2, 0.25) is 0 Å². The summed E-state index contributed by atoms with van der Waals surface area (Å²) < 4.78 is 0. The number of hydrogen-bond acceptors (Lipinski definition) is 5. The third kappa shape index (κ3) is 7.07. The van der Waals surface area contributed by atoms with E-state index in [1.54, 1.807) is 17.0 Å². The van der Waals surface area contributed by atoms with Crippen molar-refractivity contribution in [2.45, 2.75) is 51.0 Å². The number of urea groups is 1. The standard InChI is InChI=1S/C30H33N7O2/c38-28(32-29-33-35-36-34-29)26-13-11-23(12-14-26)21-37(30(39)31-20-19-22-7-3-1-4-8-22)27-17-15-25(16-18-27)24-9-5-2-6-10-24/h1,3-4,7-8,11-18,24H,2,5-6,9-10,19-21H2,(H,31,39)(H2,32,33,34,35,36,38). The van der Waals surface area contributed by atoms with Crippen LogP contribution in [0.25, 0.3) is 0 Å². The predicted molar refractivity (Wildman–Crippen MR) is 151 cm³/mol. The van der Waals surface area contributed by atoms with E-state index in [0.29, 0.717) is 24.6 Å². The monoisotopic (exact) mass is 523 g/mol. The van der Waals surface area contributed by atoms with Crippen molar-refractivity contribution in [1.29, 1.82) is 0 Å². The van der Waals surface area contributed by atoms with Crippen LogP contribution in [0.4, 0.5) is 16.4 Å². The topological polar surface area (TPSA) is 116 Å². The zero-order chi connectivity index (χ0) is 26.9. The van der Waals surface area contributed by atoms with Crippen molar-refractivity contribution in [1.82, 2.24) is 25.9 Å². The number of rotatable bonds is 9. The molecule has 1 fully saturated rings. The van der Waals surface area contributed by atoms with Crippen molar-refractivity contribution in [3.63, 3.8) is 0 Å². The van der Waals surface area contributed by atoms with E-state index in [9.17, 15) is 9.59 Å². The number of amides is 3. The lowest BCUT2D eigenvalue weighted by atomic mass is 9.84. The molecule has 3 N–H and O–H groups in total. The molecule has 0 spiro atoms. The molecule has 0 bridgehead atoms. The first-order valence-electron chi connectivity index (χ1n) is 13.5. The minimum absolute atomic E-state index is 0.110. The van der Waals surface area contributed by atoms with Gasteiger partial charge in [0.25, 0.3) is 11.9 Å². The van der Waals surface area contributed by atoms with Crippen molar-refractivity contribution < 1.29 is 9.59 Å². The van der Waals surface area contributed by atoms with E-state index >= 15 is 0 Å². The Morgan fingerprint density at radius 3 is 2.31 bits per heavy atom. The first-order valence-corrected chi connectivity index (χ1v) is 13.5. The minimum Gasteiger partial charge on any atom is -0.337 e. The number of benzene rings is 3. The van der Waals surface area contributed by atoms with E-state index in [0.717, 1.165) is 17.7 Å². The SMILES string of the molecule is O=C(Nc1nn[nH]n1)c1ccc(CN(C(=O)NCCc2ccccc2)c2ccc(C3CCCCC3)cc2)cc1. The Kier molecular flexibility index (Phi) is 8.58. The lowest BCUT2D eigenvalue weighted by Gasteiger charge is -2.26. The maximum atomic E-state index is 13.4. The fourth-order valence-electron chi connectivity index (χ4n) is 5.03. The van der Waals surface area contributed by atoms with Gasteiger partial charge in [-0.15, -0.1) is 5.10 Å². The van der Waals surface area contributed by atoms with Gasteiger partial charge in [0.15, 0.2) is 0 Å². The van der Waals surface area contributed by atoms with Crippen molar-refractivity contribution >= 4 is 23.6 Å². The maximum absolute atomic E-state index is 13.4. The molecule has 0 unspecified atom stereocenters. The number of carbonyl (C=O) groups is 2. The highest BCUT2D eigenvalue weighted by molar-refractivity contribution is 6.03. The van der Waals surface area contributed by atoms with Gasteiger partial charge in [0.1, 0.15) is 0 Å². The smallest absolute Gasteiger partial charge is 0.322 e. The van der Waals surface area contributed by atoms with Gasteiger partial charge in [-0.2, -0.15) is 5.21 Å². The first-order chi connectivity index (χ1) is 19.2. The molecule has 0 saturated heterocycles. The molecule has 5 rings (SSSR count).